The van der Waals surface area contributed by atoms with E-state index in [1.165, 1.54) is 5.56 Å². The van der Waals surface area contributed by atoms with E-state index in [4.69, 9.17) is 19.0 Å². The molecule has 0 radical (unpaired) electrons. The molecular formula is C26H30N4O4. The molecule has 4 rings (SSSR count). The molecule has 178 valence electrons. The number of amides is 2. The Balaban J connectivity index is 1.78. The van der Waals surface area contributed by atoms with Crippen molar-refractivity contribution in [3.63, 3.8) is 0 Å². The number of carbonyl (C=O) groups is 1. The number of ether oxygens (including phenoxy) is 2. The second-order valence-electron chi connectivity index (χ2n) is 8.12. The van der Waals surface area contributed by atoms with Gasteiger partial charge in [-0.25, -0.2) is 4.79 Å². The molecular weight excluding hydrogens is 432 g/mol. The Hall–Kier alpha value is -3.81. The normalized spacial score (nSPS) is 16.0. The first-order valence-corrected chi connectivity index (χ1v) is 11.4. The summed E-state index contributed by atoms with van der Waals surface area (Å²) >= 11 is 0. The molecule has 2 aromatic carbocycles. The molecule has 0 saturated carbocycles. The highest BCUT2D eigenvalue weighted by Gasteiger charge is 2.35. The minimum absolute atomic E-state index is 0.132. The summed E-state index contributed by atoms with van der Waals surface area (Å²) in [6, 6.07) is 13.2. The minimum atomic E-state index is -0.398. The van der Waals surface area contributed by atoms with Gasteiger partial charge in [0.15, 0.2) is 11.5 Å². The predicted octanol–water partition coefficient (Wildman–Crippen LogP) is 5.22. The van der Waals surface area contributed by atoms with Crippen molar-refractivity contribution in [1.82, 2.24) is 20.4 Å². The van der Waals surface area contributed by atoms with Gasteiger partial charge in [-0.05, 0) is 49.1 Å². The molecule has 1 N–H and O–H groups in total. The fraction of sp³-hybridized carbons (Fsp3) is 0.346. The van der Waals surface area contributed by atoms with Crippen LogP contribution in [0.3, 0.4) is 0 Å². The second-order valence-corrected chi connectivity index (χ2v) is 8.12. The lowest BCUT2D eigenvalue weighted by atomic mass is 9.93. The zero-order valence-electron chi connectivity index (χ0n) is 20.2. The van der Waals surface area contributed by atoms with Gasteiger partial charge in [-0.3, -0.25) is 4.90 Å². The Kier molecular flexibility index (Phi) is 6.86. The number of rotatable bonds is 8. The van der Waals surface area contributed by atoms with E-state index < -0.39 is 6.04 Å². The number of hydrogen-bond acceptors (Lipinski definition) is 6. The van der Waals surface area contributed by atoms with Crippen LogP contribution >= 0.6 is 0 Å². The van der Waals surface area contributed by atoms with E-state index in [-0.39, 0.29) is 6.03 Å². The SMILES string of the molecule is CCCN1C(=O)NC(c2ccc(CC)cc2)C(c2nc(-c3ccc(OC)c(OC)c3)no2)=C1C. The topological polar surface area (TPSA) is 89.7 Å². The molecule has 0 bridgehead atoms. The summed E-state index contributed by atoms with van der Waals surface area (Å²) in [6.07, 6.45) is 1.77. The standard InChI is InChI=1S/C26H30N4O4/c1-6-14-30-16(3)22(23(27-26(30)31)18-10-8-17(7-2)9-11-18)25-28-24(29-34-25)19-12-13-20(32-4)21(15-19)33-5/h8-13,15,23H,6-7,14H2,1-5H3,(H,27,31). The van der Waals surface area contributed by atoms with Crippen LogP contribution in [-0.4, -0.2) is 41.8 Å². The van der Waals surface area contributed by atoms with Crippen LogP contribution < -0.4 is 14.8 Å². The lowest BCUT2D eigenvalue weighted by Gasteiger charge is -2.35. The number of urea groups is 1. The van der Waals surface area contributed by atoms with Crippen LogP contribution in [-0.2, 0) is 6.42 Å². The zero-order valence-corrected chi connectivity index (χ0v) is 20.2. The summed E-state index contributed by atoms with van der Waals surface area (Å²) in [4.78, 5) is 19.4. The molecule has 1 unspecified atom stereocenters. The van der Waals surface area contributed by atoms with Crippen molar-refractivity contribution in [3.05, 3.63) is 65.2 Å². The number of benzene rings is 2. The zero-order chi connectivity index (χ0) is 24.2. The molecule has 2 heterocycles. The summed E-state index contributed by atoms with van der Waals surface area (Å²) in [5.41, 5.74) is 4.52. The van der Waals surface area contributed by atoms with Gasteiger partial charge in [0.05, 0.1) is 25.8 Å². The fourth-order valence-electron chi connectivity index (χ4n) is 4.17. The van der Waals surface area contributed by atoms with Crippen LogP contribution in [0, 0.1) is 0 Å². The molecule has 0 fully saturated rings. The fourth-order valence-corrected chi connectivity index (χ4v) is 4.17. The molecule has 0 saturated heterocycles. The average Bonchev–Trinajstić information content (AvgIpc) is 3.35. The van der Waals surface area contributed by atoms with E-state index in [9.17, 15) is 4.79 Å². The first kappa shape index (κ1) is 23.4. The van der Waals surface area contributed by atoms with Crippen LogP contribution in [0.1, 0.15) is 50.3 Å². The third-order valence-electron chi connectivity index (χ3n) is 6.06. The summed E-state index contributed by atoms with van der Waals surface area (Å²) in [5.74, 6) is 1.99. The average molecular weight is 463 g/mol. The van der Waals surface area contributed by atoms with Crippen LogP contribution in [0.2, 0.25) is 0 Å². The van der Waals surface area contributed by atoms with Crippen LogP contribution in [0.4, 0.5) is 4.79 Å². The molecule has 3 aromatic rings. The number of allylic oxidation sites excluding steroid dienone is 1. The Labute approximate surface area is 199 Å². The predicted molar refractivity (Wildman–Crippen MR) is 130 cm³/mol. The third kappa shape index (κ3) is 4.35. The number of aryl methyl sites for hydroxylation is 1. The molecule has 1 aromatic heterocycles. The Bertz CT molecular complexity index is 1200. The number of methoxy groups -OCH3 is 2. The molecule has 1 aliphatic rings. The van der Waals surface area contributed by atoms with E-state index in [0.717, 1.165) is 35.2 Å². The maximum atomic E-state index is 12.9. The lowest BCUT2D eigenvalue weighted by molar-refractivity contribution is 0.205. The molecule has 8 heteroatoms. The highest BCUT2D eigenvalue weighted by Crippen LogP contribution is 2.38. The van der Waals surface area contributed by atoms with E-state index in [2.05, 4.69) is 29.5 Å². The van der Waals surface area contributed by atoms with Crippen molar-refractivity contribution in [2.45, 2.75) is 39.7 Å². The highest BCUT2D eigenvalue weighted by molar-refractivity contribution is 5.86. The Morgan fingerprint density at radius 1 is 1.06 bits per heavy atom. The molecule has 2 amide bonds. The first-order valence-electron chi connectivity index (χ1n) is 11.4. The van der Waals surface area contributed by atoms with Crippen LogP contribution in [0.5, 0.6) is 11.5 Å². The van der Waals surface area contributed by atoms with Crippen molar-refractivity contribution in [3.8, 4) is 22.9 Å². The third-order valence-corrected chi connectivity index (χ3v) is 6.06. The van der Waals surface area contributed by atoms with Crippen molar-refractivity contribution >= 4 is 11.6 Å². The van der Waals surface area contributed by atoms with Gasteiger partial charge in [0.1, 0.15) is 0 Å². The quantitative estimate of drug-likeness (QED) is 0.493. The second kappa shape index (κ2) is 9.99. The van der Waals surface area contributed by atoms with Crippen LogP contribution in [0.15, 0.2) is 52.7 Å². The summed E-state index contributed by atoms with van der Waals surface area (Å²) in [6.45, 7) is 6.68. The number of nitrogens with one attached hydrogen (secondary N) is 1. The van der Waals surface area contributed by atoms with Crippen molar-refractivity contribution in [2.24, 2.45) is 0 Å². The van der Waals surface area contributed by atoms with Crippen molar-refractivity contribution in [2.75, 3.05) is 20.8 Å². The van der Waals surface area contributed by atoms with Gasteiger partial charge in [0.25, 0.3) is 5.89 Å². The van der Waals surface area contributed by atoms with Gasteiger partial charge in [0, 0.05) is 17.8 Å². The Morgan fingerprint density at radius 3 is 2.44 bits per heavy atom. The number of hydrogen-bond donors (Lipinski definition) is 1. The van der Waals surface area contributed by atoms with Crippen LogP contribution in [0.25, 0.3) is 17.0 Å². The monoisotopic (exact) mass is 462 g/mol. The van der Waals surface area contributed by atoms with Gasteiger partial charge >= 0.3 is 6.03 Å². The van der Waals surface area contributed by atoms with Gasteiger partial charge in [0.2, 0.25) is 5.82 Å². The first-order chi connectivity index (χ1) is 16.5. The highest BCUT2D eigenvalue weighted by atomic mass is 16.5. The van der Waals surface area contributed by atoms with Gasteiger partial charge < -0.3 is 19.3 Å². The molecule has 34 heavy (non-hydrogen) atoms. The molecule has 8 nitrogen and oxygen atoms in total. The number of aromatic nitrogens is 2. The molecule has 1 aliphatic heterocycles. The van der Waals surface area contributed by atoms with Gasteiger partial charge in [-0.1, -0.05) is 43.3 Å². The maximum Gasteiger partial charge on any atom is 0.322 e. The Morgan fingerprint density at radius 2 is 1.79 bits per heavy atom. The molecule has 1 atom stereocenters. The molecule has 0 aliphatic carbocycles. The maximum absolute atomic E-state index is 12.9. The number of carbonyl (C=O) groups excluding carboxylic acids is 1. The van der Waals surface area contributed by atoms with Gasteiger partial charge in [-0.15, -0.1) is 0 Å². The van der Waals surface area contributed by atoms with E-state index in [0.29, 0.717) is 29.8 Å². The van der Waals surface area contributed by atoms with E-state index in [1.807, 2.05) is 38.1 Å². The summed E-state index contributed by atoms with van der Waals surface area (Å²) in [5, 5.41) is 7.36. The van der Waals surface area contributed by atoms with Crippen molar-refractivity contribution < 1.29 is 18.8 Å². The molecule has 0 spiro atoms. The minimum Gasteiger partial charge on any atom is -0.493 e. The van der Waals surface area contributed by atoms with E-state index in [1.54, 1.807) is 25.2 Å². The van der Waals surface area contributed by atoms with E-state index >= 15 is 0 Å². The van der Waals surface area contributed by atoms with Crippen molar-refractivity contribution in [1.29, 1.82) is 0 Å². The summed E-state index contributed by atoms with van der Waals surface area (Å²) in [7, 11) is 3.17. The number of nitrogens with zero attached hydrogens (tertiary/aromatic N) is 3. The van der Waals surface area contributed by atoms with Gasteiger partial charge in [-0.2, -0.15) is 4.98 Å². The smallest absolute Gasteiger partial charge is 0.322 e. The summed E-state index contributed by atoms with van der Waals surface area (Å²) < 4.78 is 16.5. The largest absolute Gasteiger partial charge is 0.493 e. The lowest BCUT2D eigenvalue weighted by Crippen LogP contribution is -2.46.